The Morgan fingerprint density at radius 2 is 1.62 bits per heavy atom. The number of amides is 1. The van der Waals surface area contributed by atoms with E-state index in [0.717, 1.165) is 0 Å². The van der Waals surface area contributed by atoms with Crippen LogP contribution in [0.3, 0.4) is 0 Å². The number of likely N-dealkylation sites (tertiary alicyclic amines) is 1. The molecule has 2 fully saturated rings. The molecule has 6 rings (SSSR count). The molecule has 0 saturated carbocycles. The number of nitriles is 1. The first-order chi connectivity index (χ1) is 22.9. The number of benzene rings is 2. The average molecular weight is 688 g/mol. The van der Waals surface area contributed by atoms with E-state index in [1.165, 1.54) is 51.1 Å². The summed E-state index contributed by atoms with van der Waals surface area (Å²) in [6.45, 7) is 7.77. The van der Waals surface area contributed by atoms with Crippen LogP contribution in [-0.4, -0.2) is 90.4 Å². The zero-order valence-corrected chi connectivity index (χ0v) is 27.4. The second kappa shape index (κ2) is 15.9. The maximum atomic E-state index is 13.8. The Labute approximate surface area is 280 Å². The molecular formula is C33H34ClF4N7O3. The second-order valence-corrected chi connectivity index (χ2v) is 11.2. The second-order valence-electron chi connectivity index (χ2n) is 10.8. The smallest absolute Gasteiger partial charge is 0.467 e. The summed E-state index contributed by atoms with van der Waals surface area (Å²) < 4.78 is 64.3. The Hall–Kier alpha value is -4.74. The van der Waals surface area contributed by atoms with Crippen LogP contribution in [0.2, 0.25) is 5.02 Å². The van der Waals surface area contributed by atoms with Crippen molar-refractivity contribution in [2.24, 2.45) is 0 Å². The van der Waals surface area contributed by atoms with Gasteiger partial charge in [-0.15, -0.1) is 13.2 Å². The maximum Gasteiger partial charge on any atom is 0.573 e. The van der Waals surface area contributed by atoms with Crippen molar-refractivity contribution in [3.63, 3.8) is 0 Å². The summed E-state index contributed by atoms with van der Waals surface area (Å²) in [5.74, 6) is -2.31. The molecule has 4 aromatic rings. The number of hydrogen-bond donors (Lipinski definition) is 0. The molecule has 2 aromatic carbocycles. The lowest BCUT2D eigenvalue weighted by Crippen LogP contribution is -2.49. The van der Waals surface area contributed by atoms with Crippen molar-refractivity contribution >= 4 is 45.1 Å². The highest BCUT2D eigenvalue weighted by Crippen LogP contribution is 2.44. The molecule has 1 amide bonds. The third-order valence-corrected chi connectivity index (χ3v) is 7.92. The lowest BCUT2D eigenvalue weighted by molar-refractivity contribution is -0.273. The molecule has 0 radical (unpaired) electrons. The van der Waals surface area contributed by atoms with Gasteiger partial charge >= 0.3 is 12.4 Å². The van der Waals surface area contributed by atoms with Crippen LogP contribution in [0.25, 0.3) is 32.9 Å². The van der Waals surface area contributed by atoms with Gasteiger partial charge in [-0.3, -0.25) is 4.79 Å². The molecule has 10 nitrogen and oxygen atoms in total. The number of ether oxygens (including phenoxy) is 2. The molecule has 15 heteroatoms. The summed E-state index contributed by atoms with van der Waals surface area (Å²) in [4.78, 5) is 30.3. The highest BCUT2D eigenvalue weighted by atomic mass is 35.5. The zero-order chi connectivity index (χ0) is 35.0. The first-order valence-electron chi connectivity index (χ1n) is 14.9. The van der Waals surface area contributed by atoms with E-state index in [4.69, 9.17) is 21.6 Å². The van der Waals surface area contributed by atoms with Crippen LogP contribution in [0, 0.1) is 11.3 Å². The summed E-state index contributed by atoms with van der Waals surface area (Å²) in [6, 6.07) is 11.8. The van der Waals surface area contributed by atoms with Gasteiger partial charge in [0.15, 0.2) is 17.4 Å². The highest BCUT2D eigenvalue weighted by molar-refractivity contribution is 6.36. The number of carbonyl (C=O) groups is 1. The molecule has 2 aliphatic rings. The van der Waals surface area contributed by atoms with Crippen LogP contribution in [0.1, 0.15) is 19.8 Å². The fourth-order valence-corrected chi connectivity index (χ4v) is 5.71. The van der Waals surface area contributed by atoms with E-state index in [1.807, 2.05) is 0 Å². The molecule has 2 aliphatic heterocycles. The normalized spacial score (nSPS) is 14.8. The summed E-state index contributed by atoms with van der Waals surface area (Å²) >= 11 is 6.45. The first kappa shape index (κ1) is 36.1. The monoisotopic (exact) mass is 687 g/mol. The molecule has 0 aliphatic carbocycles. The quantitative estimate of drug-likeness (QED) is 0.166. The predicted octanol–water partition coefficient (Wildman–Crippen LogP) is 6.78. The van der Waals surface area contributed by atoms with Crippen LogP contribution in [0.15, 0.2) is 55.0 Å². The number of piperazine rings is 1. The molecular weight excluding hydrogens is 654 g/mol. The molecule has 0 unspecified atom stereocenters. The summed E-state index contributed by atoms with van der Waals surface area (Å²) in [6.07, 6.45) is -0.975. The van der Waals surface area contributed by atoms with Gasteiger partial charge in [-0.05, 0) is 50.0 Å². The fourth-order valence-electron chi connectivity index (χ4n) is 5.43. The van der Waals surface area contributed by atoms with Gasteiger partial charge in [0.25, 0.3) is 5.91 Å². The van der Waals surface area contributed by atoms with Crippen LogP contribution in [-0.2, 0) is 4.79 Å². The van der Waals surface area contributed by atoms with Gasteiger partial charge in [0.05, 0.1) is 13.2 Å². The van der Waals surface area contributed by atoms with Gasteiger partial charge in [0.1, 0.15) is 11.0 Å². The van der Waals surface area contributed by atoms with Crippen LogP contribution >= 0.6 is 11.6 Å². The van der Waals surface area contributed by atoms with Gasteiger partial charge < -0.3 is 24.2 Å². The van der Waals surface area contributed by atoms with Crippen molar-refractivity contribution in [2.75, 3.05) is 58.3 Å². The Morgan fingerprint density at radius 3 is 2.17 bits per heavy atom. The highest BCUT2D eigenvalue weighted by Gasteiger charge is 2.35. The SMILES string of the molecule is C=C(F)C(=O)N1CCN(c2nc(OC)nc3c(OC(F)(F)F)c(-c4cccc5cccc(Cl)c45)cnc23)CC1.CC#N.CN1CCCC1. The number of alkyl halides is 3. The molecule has 2 saturated heterocycles. The van der Waals surface area contributed by atoms with Crippen molar-refractivity contribution in [1.82, 2.24) is 24.8 Å². The molecule has 0 spiro atoms. The van der Waals surface area contributed by atoms with Gasteiger partial charge in [-0.2, -0.15) is 15.2 Å². The van der Waals surface area contributed by atoms with Crippen molar-refractivity contribution in [2.45, 2.75) is 26.1 Å². The van der Waals surface area contributed by atoms with E-state index in [9.17, 15) is 22.4 Å². The molecule has 0 bridgehead atoms. The number of pyridine rings is 1. The van der Waals surface area contributed by atoms with Crippen molar-refractivity contribution in [1.29, 1.82) is 5.26 Å². The Morgan fingerprint density at radius 1 is 1.00 bits per heavy atom. The third kappa shape index (κ3) is 8.59. The van der Waals surface area contributed by atoms with E-state index in [0.29, 0.717) is 21.4 Å². The lowest BCUT2D eigenvalue weighted by atomic mass is 9.98. The number of anilines is 1. The Balaban J connectivity index is 0.000000506. The third-order valence-electron chi connectivity index (χ3n) is 7.60. The molecule has 4 heterocycles. The van der Waals surface area contributed by atoms with Crippen molar-refractivity contribution < 1.29 is 31.8 Å². The molecule has 2 aromatic heterocycles. The van der Waals surface area contributed by atoms with E-state index >= 15 is 0 Å². The number of carbonyl (C=O) groups excluding carboxylic acids is 1. The Kier molecular flexibility index (Phi) is 12.0. The van der Waals surface area contributed by atoms with Crippen LogP contribution < -0.4 is 14.4 Å². The largest absolute Gasteiger partial charge is 0.573 e. The van der Waals surface area contributed by atoms with Crippen molar-refractivity contribution in [3.8, 4) is 29.0 Å². The Bertz CT molecular complexity index is 1810. The summed E-state index contributed by atoms with van der Waals surface area (Å²) in [5.41, 5.74) is 0.178. The molecule has 254 valence electrons. The maximum absolute atomic E-state index is 13.8. The van der Waals surface area contributed by atoms with Gasteiger partial charge in [-0.25, -0.2) is 9.37 Å². The minimum atomic E-state index is -5.06. The number of aromatic nitrogens is 3. The molecule has 48 heavy (non-hydrogen) atoms. The van der Waals surface area contributed by atoms with E-state index in [-0.39, 0.29) is 54.6 Å². The number of halogens is 5. The van der Waals surface area contributed by atoms with Gasteiger partial charge in [-0.1, -0.05) is 48.5 Å². The van der Waals surface area contributed by atoms with Gasteiger partial charge in [0, 0.05) is 55.3 Å². The first-order valence-corrected chi connectivity index (χ1v) is 15.3. The topological polar surface area (TPSA) is 108 Å². The predicted molar refractivity (Wildman–Crippen MR) is 176 cm³/mol. The average Bonchev–Trinajstić information content (AvgIpc) is 3.55. The lowest BCUT2D eigenvalue weighted by Gasteiger charge is -2.35. The van der Waals surface area contributed by atoms with Crippen LogP contribution in [0.4, 0.5) is 23.4 Å². The molecule has 0 atom stereocenters. The van der Waals surface area contributed by atoms with E-state index in [1.54, 1.807) is 47.4 Å². The van der Waals surface area contributed by atoms with Crippen molar-refractivity contribution in [3.05, 3.63) is 60.0 Å². The van der Waals surface area contributed by atoms with Gasteiger partial charge in [0.2, 0.25) is 0 Å². The number of nitrogens with zero attached hydrogens (tertiary/aromatic N) is 7. The summed E-state index contributed by atoms with van der Waals surface area (Å²) in [5, 5.41) is 8.89. The summed E-state index contributed by atoms with van der Waals surface area (Å²) in [7, 11) is 3.45. The number of methoxy groups -OCH3 is 1. The number of hydrogen-bond acceptors (Lipinski definition) is 9. The number of fused-ring (bicyclic) bond motifs is 2. The minimum absolute atomic E-state index is 0.0158. The van der Waals surface area contributed by atoms with E-state index in [2.05, 4.69) is 38.2 Å². The van der Waals surface area contributed by atoms with Crippen LogP contribution in [0.5, 0.6) is 11.8 Å². The fraction of sp³-hybridized carbons (Fsp3) is 0.364. The minimum Gasteiger partial charge on any atom is -0.467 e. The zero-order valence-electron chi connectivity index (χ0n) is 26.7. The number of rotatable bonds is 5. The standard InChI is InChI=1S/C26H20ClF4N5O3.C5H11N.C2H3N/c1-14(28)24(37)36-11-9-35(10-12-36)23-21-20(33-25(34-23)38-2)22(39-26(29,30)31)17(13-32-21)16-7-3-5-15-6-4-8-18(27)19(15)16;1-6-4-2-3-5-6;1-2-3/h3-8,13H,1,9-12H2,2H3;2-5H2,1H3;1H3. The van der Waals surface area contributed by atoms with E-state index < -0.39 is 23.8 Å². The molecule has 0 N–H and O–H groups in total.